The normalized spacial score (nSPS) is 32.4. The van der Waals surface area contributed by atoms with Crippen LogP contribution in [0.25, 0.3) is 0 Å². The van der Waals surface area contributed by atoms with E-state index in [-0.39, 0.29) is 17.9 Å². The van der Waals surface area contributed by atoms with Gasteiger partial charge in [-0.1, -0.05) is 12.2 Å². The summed E-state index contributed by atoms with van der Waals surface area (Å²) >= 11 is 0. The van der Waals surface area contributed by atoms with Crippen LogP contribution in [-0.2, 0) is 9.59 Å². The molecule has 1 aliphatic carbocycles. The third-order valence-electron chi connectivity index (χ3n) is 3.40. The zero-order valence-electron chi connectivity index (χ0n) is 9.69. The van der Waals surface area contributed by atoms with E-state index in [1.54, 1.807) is 12.2 Å². The van der Waals surface area contributed by atoms with Crippen molar-refractivity contribution in [2.45, 2.75) is 25.3 Å². The zero-order chi connectivity index (χ0) is 12.3. The number of carbonyl (C=O) groups is 2. The molecule has 3 N–H and O–H groups in total. The van der Waals surface area contributed by atoms with Crippen LogP contribution in [0.4, 0.5) is 0 Å². The molecule has 0 aromatic rings. The Morgan fingerprint density at radius 3 is 2.76 bits per heavy atom. The maximum absolute atomic E-state index is 11.9. The highest BCUT2D eigenvalue weighted by atomic mass is 16.4. The minimum atomic E-state index is -0.822. The summed E-state index contributed by atoms with van der Waals surface area (Å²) in [5.41, 5.74) is 0. The maximum Gasteiger partial charge on any atom is 0.310 e. The first kappa shape index (κ1) is 12.1. The van der Waals surface area contributed by atoms with Crippen molar-refractivity contribution in [2.24, 2.45) is 11.8 Å². The summed E-state index contributed by atoms with van der Waals surface area (Å²) < 4.78 is 0. The van der Waals surface area contributed by atoms with E-state index in [1.807, 2.05) is 0 Å². The van der Waals surface area contributed by atoms with E-state index in [0.29, 0.717) is 6.42 Å². The SMILES string of the molecule is O=C(O)C1C=CC(NC(=O)[C@H]2CCCNC2)C1. The van der Waals surface area contributed by atoms with Crippen LogP contribution in [0, 0.1) is 11.8 Å². The van der Waals surface area contributed by atoms with E-state index in [9.17, 15) is 9.59 Å². The lowest BCUT2D eigenvalue weighted by molar-refractivity contribution is -0.140. The number of amides is 1. The van der Waals surface area contributed by atoms with E-state index in [1.165, 1.54) is 0 Å². The number of carboxylic acid groups (broad SMARTS) is 1. The molecule has 1 amide bonds. The molecule has 1 aliphatic heterocycles. The number of hydrogen-bond donors (Lipinski definition) is 3. The second-order valence-corrected chi connectivity index (χ2v) is 4.72. The quantitative estimate of drug-likeness (QED) is 0.611. The molecule has 1 heterocycles. The van der Waals surface area contributed by atoms with Crippen LogP contribution >= 0.6 is 0 Å². The Hall–Kier alpha value is -1.36. The lowest BCUT2D eigenvalue weighted by atomic mass is 9.98. The molecule has 1 saturated heterocycles. The molecule has 1 fully saturated rings. The molecule has 2 rings (SSSR count). The summed E-state index contributed by atoms with van der Waals surface area (Å²) in [6.07, 6.45) is 5.86. The summed E-state index contributed by atoms with van der Waals surface area (Å²) in [5.74, 6) is -1.21. The van der Waals surface area contributed by atoms with Crippen molar-refractivity contribution >= 4 is 11.9 Å². The van der Waals surface area contributed by atoms with Crippen LogP contribution in [0.15, 0.2) is 12.2 Å². The van der Waals surface area contributed by atoms with Crippen LogP contribution in [0.1, 0.15) is 19.3 Å². The second-order valence-electron chi connectivity index (χ2n) is 4.72. The average Bonchev–Trinajstić information content (AvgIpc) is 2.79. The van der Waals surface area contributed by atoms with Gasteiger partial charge in [0.15, 0.2) is 0 Å². The predicted octanol–water partition coefficient (Wildman–Crippen LogP) is 0.131. The maximum atomic E-state index is 11.9. The van der Waals surface area contributed by atoms with Crippen LogP contribution in [-0.4, -0.2) is 36.1 Å². The summed E-state index contributed by atoms with van der Waals surface area (Å²) in [6.45, 7) is 1.71. The van der Waals surface area contributed by atoms with Crippen LogP contribution in [0.3, 0.4) is 0 Å². The van der Waals surface area contributed by atoms with Crippen molar-refractivity contribution in [1.82, 2.24) is 10.6 Å². The Kier molecular flexibility index (Phi) is 3.78. The molecule has 17 heavy (non-hydrogen) atoms. The first-order valence-electron chi connectivity index (χ1n) is 6.09. The van der Waals surface area contributed by atoms with Gasteiger partial charge in [0.2, 0.25) is 5.91 Å². The molecular weight excluding hydrogens is 220 g/mol. The molecule has 2 unspecified atom stereocenters. The van der Waals surface area contributed by atoms with Crippen LogP contribution in [0.2, 0.25) is 0 Å². The van der Waals surface area contributed by atoms with Crippen molar-refractivity contribution in [1.29, 1.82) is 0 Å². The molecule has 5 nitrogen and oxygen atoms in total. The van der Waals surface area contributed by atoms with Crippen molar-refractivity contribution in [3.8, 4) is 0 Å². The molecule has 0 spiro atoms. The molecule has 0 saturated carbocycles. The zero-order valence-corrected chi connectivity index (χ0v) is 9.69. The Labute approximate surface area is 100 Å². The molecule has 94 valence electrons. The first-order valence-corrected chi connectivity index (χ1v) is 6.09. The second kappa shape index (κ2) is 5.31. The first-order chi connectivity index (χ1) is 8.16. The van der Waals surface area contributed by atoms with Gasteiger partial charge in [0.25, 0.3) is 0 Å². The average molecular weight is 238 g/mol. The highest BCUT2D eigenvalue weighted by molar-refractivity contribution is 5.80. The number of carboxylic acids is 1. The lowest BCUT2D eigenvalue weighted by Crippen LogP contribution is -2.43. The lowest BCUT2D eigenvalue weighted by Gasteiger charge is -2.23. The Morgan fingerprint density at radius 2 is 2.18 bits per heavy atom. The van der Waals surface area contributed by atoms with Gasteiger partial charge < -0.3 is 15.7 Å². The summed E-state index contributed by atoms with van der Waals surface area (Å²) in [5, 5.41) is 14.9. The molecule has 5 heteroatoms. The van der Waals surface area contributed by atoms with Gasteiger partial charge in [-0.15, -0.1) is 0 Å². The van der Waals surface area contributed by atoms with E-state index in [0.717, 1.165) is 25.9 Å². The number of hydrogen-bond acceptors (Lipinski definition) is 3. The van der Waals surface area contributed by atoms with Gasteiger partial charge in [0.1, 0.15) is 0 Å². The third-order valence-corrected chi connectivity index (χ3v) is 3.40. The van der Waals surface area contributed by atoms with Gasteiger partial charge >= 0.3 is 5.97 Å². The predicted molar refractivity (Wildman–Crippen MR) is 62.4 cm³/mol. The fraction of sp³-hybridized carbons (Fsp3) is 0.667. The minimum Gasteiger partial charge on any atom is -0.481 e. The number of rotatable bonds is 3. The summed E-state index contributed by atoms with van der Waals surface area (Å²) in [6, 6.07) is -0.120. The Balaban J connectivity index is 1.80. The fourth-order valence-electron chi connectivity index (χ4n) is 2.37. The molecule has 0 aromatic heterocycles. The monoisotopic (exact) mass is 238 g/mol. The molecule has 3 atom stereocenters. The molecule has 0 radical (unpaired) electrons. The molecule has 2 aliphatic rings. The van der Waals surface area contributed by atoms with Crippen molar-refractivity contribution in [2.75, 3.05) is 13.1 Å². The van der Waals surface area contributed by atoms with Gasteiger partial charge in [0.05, 0.1) is 11.8 Å². The third kappa shape index (κ3) is 3.06. The molecular formula is C12H18N2O3. The topological polar surface area (TPSA) is 78.4 Å². The number of nitrogens with one attached hydrogen (secondary N) is 2. The molecule has 0 bridgehead atoms. The van der Waals surface area contributed by atoms with E-state index in [2.05, 4.69) is 10.6 Å². The van der Waals surface area contributed by atoms with Gasteiger partial charge in [0, 0.05) is 12.6 Å². The standard InChI is InChI=1S/C12H18N2O3/c15-11(9-2-1-5-13-7-9)14-10-4-3-8(6-10)12(16)17/h3-4,8-10,13H,1-2,5-7H2,(H,14,15)(H,16,17)/t8?,9-,10?/m0/s1. The fourth-order valence-corrected chi connectivity index (χ4v) is 2.37. The van der Waals surface area contributed by atoms with E-state index in [4.69, 9.17) is 5.11 Å². The highest BCUT2D eigenvalue weighted by Gasteiger charge is 2.28. The minimum absolute atomic E-state index is 0.0287. The summed E-state index contributed by atoms with van der Waals surface area (Å²) in [7, 11) is 0. The van der Waals surface area contributed by atoms with Gasteiger partial charge in [-0.05, 0) is 25.8 Å². The Bertz CT molecular complexity index is 335. The van der Waals surface area contributed by atoms with Gasteiger partial charge in [-0.25, -0.2) is 0 Å². The largest absolute Gasteiger partial charge is 0.481 e. The Morgan fingerprint density at radius 1 is 1.35 bits per heavy atom. The highest BCUT2D eigenvalue weighted by Crippen LogP contribution is 2.19. The number of aliphatic carboxylic acids is 1. The number of piperidine rings is 1. The van der Waals surface area contributed by atoms with Crippen molar-refractivity contribution in [3.63, 3.8) is 0 Å². The van der Waals surface area contributed by atoms with Crippen LogP contribution in [0.5, 0.6) is 0 Å². The van der Waals surface area contributed by atoms with Crippen molar-refractivity contribution < 1.29 is 14.7 Å². The van der Waals surface area contributed by atoms with E-state index < -0.39 is 11.9 Å². The van der Waals surface area contributed by atoms with Gasteiger partial charge in [-0.2, -0.15) is 0 Å². The van der Waals surface area contributed by atoms with Crippen LogP contribution < -0.4 is 10.6 Å². The summed E-state index contributed by atoms with van der Waals surface area (Å²) in [4.78, 5) is 22.7. The molecule has 0 aromatic carbocycles. The van der Waals surface area contributed by atoms with Gasteiger partial charge in [-0.3, -0.25) is 9.59 Å². The smallest absolute Gasteiger partial charge is 0.310 e. The van der Waals surface area contributed by atoms with Crippen molar-refractivity contribution in [3.05, 3.63) is 12.2 Å². The van der Waals surface area contributed by atoms with E-state index >= 15 is 0 Å². The number of carbonyl (C=O) groups excluding carboxylic acids is 1.